The third kappa shape index (κ3) is 7.33. The Labute approximate surface area is 103 Å². The van der Waals surface area contributed by atoms with Crippen molar-refractivity contribution < 1.29 is 22.1 Å². The van der Waals surface area contributed by atoms with Crippen molar-refractivity contribution in [1.82, 2.24) is 0 Å². The Morgan fingerprint density at radius 1 is 1.35 bits per heavy atom. The fourth-order valence-corrected chi connectivity index (χ4v) is 2.33. The van der Waals surface area contributed by atoms with E-state index in [1.165, 1.54) is 0 Å². The number of ether oxygens (including phenoxy) is 1. The number of esters is 1. The molecule has 0 radical (unpaired) electrons. The molecule has 1 heterocycles. The van der Waals surface area contributed by atoms with Gasteiger partial charge in [0.25, 0.3) is 10.1 Å². The van der Waals surface area contributed by atoms with E-state index in [1.54, 1.807) is 0 Å². The van der Waals surface area contributed by atoms with E-state index in [-0.39, 0.29) is 12.6 Å². The van der Waals surface area contributed by atoms with E-state index < -0.39 is 10.1 Å². The Bertz CT molecular complexity index is 336. The van der Waals surface area contributed by atoms with Crippen molar-refractivity contribution in [3.05, 3.63) is 0 Å². The van der Waals surface area contributed by atoms with Gasteiger partial charge in [-0.3, -0.25) is 8.98 Å². The zero-order valence-electron chi connectivity index (χ0n) is 10.2. The summed E-state index contributed by atoms with van der Waals surface area (Å²) in [6.07, 6.45) is 6.02. The Morgan fingerprint density at radius 3 is 2.82 bits per heavy atom. The SMILES string of the molecule is CS(=O)(=O)OCCCCC1CCOC(=O)CC1. The first-order chi connectivity index (χ1) is 7.97. The lowest BCUT2D eigenvalue weighted by Crippen LogP contribution is -2.05. The highest BCUT2D eigenvalue weighted by molar-refractivity contribution is 7.85. The molecule has 0 bridgehead atoms. The van der Waals surface area contributed by atoms with Crippen molar-refractivity contribution in [2.75, 3.05) is 19.5 Å². The molecule has 0 spiro atoms. The van der Waals surface area contributed by atoms with Crippen LogP contribution in [0.4, 0.5) is 0 Å². The van der Waals surface area contributed by atoms with Crippen molar-refractivity contribution >= 4 is 16.1 Å². The lowest BCUT2D eigenvalue weighted by atomic mass is 9.94. The molecule has 0 aromatic carbocycles. The normalized spacial score (nSPS) is 21.9. The maximum atomic E-state index is 11.0. The Balaban J connectivity index is 2.08. The number of cyclic esters (lactones) is 1. The molecule has 0 N–H and O–H groups in total. The van der Waals surface area contributed by atoms with Gasteiger partial charge in [0.2, 0.25) is 0 Å². The van der Waals surface area contributed by atoms with Gasteiger partial charge in [0.05, 0.1) is 19.5 Å². The predicted octanol–water partition coefficient (Wildman–Crippen LogP) is 1.48. The highest BCUT2D eigenvalue weighted by atomic mass is 32.2. The van der Waals surface area contributed by atoms with Gasteiger partial charge >= 0.3 is 5.97 Å². The van der Waals surface area contributed by atoms with Crippen LogP contribution in [-0.4, -0.2) is 33.9 Å². The van der Waals surface area contributed by atoms with Crippen LogP contribution in [0, 0.1) is 5.92 Å². The second kappa shape index (κ2) is 6.96. The van der Waals surface area contributed by atoms with Crippen LogP contribution >= 0.6 is 0 Å². The third-order valence-corrected chi connectivity index (χ3v) is 3.44. The maximum Gasteiger partial charge on any atom is 0.305 e. The molecule has 1 atom stereocenters. The maximum absolute atomic E-state index is 11.0. The van der Waals surface area contributed by atoms with E-state index in [1.807, 2.05) is 0 Å². The summed E-state index contributed by atoms with van der Waals surface area (Å²) in [6, 6.07) is 0. The molecular formula is C11H20O5S. The van der Waals surface area contributed by atoms with E-state index in [9.17, 15) is 13.2 Å². The average molecular weight is 264 g/mol. The van der Waals surface area contributed by atoms with Crippen molar-refractivity contribution in [2.24, 2.45) is 5.92 Å². The number of carbonyl (C=O) groups is 1. The van der Waals surface area contributed by atoms with Gasteiger partial charge in [-0.15, -0.1) is 0 Å². The minimum absolute atomic E-state index is 0.104. The van der Waals surface area contributed by atoms with Crippen LogP contribution in [0.25, 0.3) is 0 Å². The highest BCUT2D eigenvalue weighted by Gasteiger charge is 2.16. The molecule has 1 saturated heterocycles. The summed E-state index contributed by atoms with van der Waals surface area (Å²) >= 11 is 0. The molecular weight excluding hydrogens is 244 g/mol. The zero-order chi connectivity index (χ0) is 12.7. The van der Waals surface area contributed by atoms with E-state index in [4.69, 9.17) is 4.74 Å². The van der Waals surface area contributed by atoms with E-state index >= 15 is 0 Å². The third-order valence-electron chi connectivity index (χ3n) is 2.85. The number of unbranched alkanes of at least 4 members (excludes halogenated alkanes) is 1. The van der Waals surface area contributed by atoms with Gasteiger partial charge in [-0.1, -0.05) is 12.8 Å². The van der Waals surface area contributed by atoms with Crippen LogP contribution in [-0.2, 0) is 23.8 Å². The molecule has 17 heavy (non-hydrogen) atoms. The second-order valence-electron chi connectivity index (χ2n) is 4.44. The monoisotopic (exact) mass is 264 g/mol. The quantitative estimate of drug-likeness (QED) is 0.413. The molecule has 1 aliphatic rings. The molecule has 0 amide bonds. The van der Waals surface area contributed by atoms with Gasteiger partial charge in [0, 0.05) is 6.42 Å². The molecule has 1 rings (SSSR count). The van der Waals surface area contributed by atoms with Crippen molar-refractivity contribution in [3.8, 4) is 0 Å². The summed E-state index contributed by atoms with van der Waals surface area (Å²) in [4.78, 5) is 11.0. The minimum Gasteiger partial charge on any atom is -0.466 e. The van der Waals surface area contributed by atoms with Gasteiger partial charge < -0.3 is 4.74 Å². The molecule has 1 aliphatic heterocycles. The molecule has 5 nitrogen and oxygen atoms in total. The Kier molecular flexibility index (Phi) is 5.91. The molecule has 1 unspecified atom stereocenters. The van der Waals surface area contributed by atoms with Crippen molar-refractivity contribution in [3.63, 3.8) is 0 Å². The summed E-state index contributed by atoms with van der Waals surface area (Å²) in [6.45, 7) is 0.768. The van der Waals surface area contributed by atoms with E-state index in [2.05, 4.69) is 4.18 Å². The zero-order valence-corrected chi connectivity index (χ0v) is 11.0. The van der Waals surface area contributed by atoms with Crippen LogP contribution in [0.3, 0.4) is 0 Å². The summed E-state index contributed by atoms with van der Waals surface area (Å²) in [5.41, 5.74) is 0. The van der Waals surface area contributed by atoms with Crippen LogP contribution in [0.2, 0.25) is 0 Å². The van der Waals surface area contributed by atoms with Crippen molar-refractivity contribution in [1.29, 1.82) is 0 Å². The molecule has 0 saturated carbocycles. The molecule has 6 heteroatoms. The van der Waals surface area contributed by atoms with Gasteiger partial charge in [0.1, 0.15) is 0 Å². The summed E-state index contributed by atoms with van der Waals surface area (Å²) in [5, 5.41) is 0. The molecule has 0 aromatic heterocycles. The Hall–Kier alpha value is -0.620. The number of rotatable bonds is 6. The van der Waals surface area contributed by atoms with Crippen LogP contribution in [0.15, 0.2) is 0 Å². The number of carbonyl (C=O) groups excluding carboxylic acids is 1. The first kappa shape index (κ1) is 14.4. The van der Waals surface area contributed by atoms with Crippen LogP contribution in [0.5, 0.6) is 0 Å². The fourth-order valence-electron chi connectivity index (χ4n) is 1.91. The largest absolute Gasteiger partial charge is 0.466 e. The fraction of sp³-hybridized carbons (Fsp3) is 0.909. The smallest absolute Gasteiger partial charge is 0.305 e. The highest BCUT2D eigenvalue weighted by Crippen LogP contribution is 2.22. The van der Waals surface area contributed by atoms with Gasteiger partial charge in [-0.25, -0.2) is 0 Å². The molecule has 0 aliphatic carbocycles. The van der Waals surface area contributed by atoms with Gasteiger partial charge in [-0.2, -0.15) is 8.42 Å². The van der Waals surface area contributed by atoms with Crippen molar-refractivity contribution in [2.45, 2.75) is 38.5 Å². The van der Waals surface area contributed by atoms with Gasteiger partial charge in [-0.05, 0) is 25.2 Å². The minimum atomic E-state index is -3.31. The predicted molar refractivity (Wildman–Crippen MR) is 62.9 cm³/mol. The lowest BCUT2D eigenvalue weighted by molar-refractivity contribution is -0.142. The topological polar surface area (TPSA) is 69.7 Å². The number of hydrogen-bond acceptors (Lipinski definition) is 5. The van der Waals surface area contributed by atoms with E-state index in [0.29, 0.717) is 18.9 Å². The molecule has 1 fully saturated rings. The molecule has 100 valence electrons. The van der Waals surface area contributed by atoms with Crippen LogP contribution in [0.1, 0.15) is 38.5 Å². The first-order valence-corrected chi connectivity index (χ1v) is 7.79. The first-order valence-electron chi connectivity index (χ1n) is 5.97. The van der Waals surface area contributed by atoms with Crippen LogP contribution < -0.4 is 0 Å². The van der Waals surface area contributed by atoms with Gasteiger partial charge in [0.15, 0.2) is 0 Å². The van der Waals surface area contributed by atoms with E-state index in [0.717, 1.165) is 38.4 Å². The number of hydrogen-bond donors (Lipinski definition) is 0. The molecule has 0 aromatic rings. The lowest BCUT2D eigenvalue weighted by Gasteiger charge is -2.11. The standard InChI is InChI=1S/C11H20O5S/c1-17(13,14)16-8-3-2-4-10-5-6-11(12)15-9-7-10/h10H,2-9H2,1H3. The Morgan fingerprint density at radius 2 is 2.12 bits per heavy atom. The summed E-state index contributed by atoms with van der Waals surface area (Å²) < 4.78 is 31.0. The average Bonchev–Trinajstić information content (AvgIpc) is 2.41. The summed E-state index contributed by atoms with van der Waals surface area (Å²) in [7, 11) is -3.31. The second-order valence-corrected chi connectivity index (χ2v) is 6.08. The summed E-state index contributed by atoms with van der Waals surface area (Å²) in [5.74, 6) is 0.410.